The molecule has 0 bridgehead atoms. The molecule has 1 amide bonds. The number of carbonyl (C=O) groups is 1. The Hall–Kier alpha value is -2.90. The zero-order valence-electron chi connectivity index (χ0n) is 14.6. The second kappa shape index (κ2) is 8.20. The van der Waals surface area contributed by atoms with Crippen LogP contribution in [0.1, 0.15) is 15.9 Å². The highest BCUT2D eigenvalue weighted by molar-refractivity contribution is 7.86. The van der Waals surface area contributed by atoms with Crippen LogP contribution >= 0.6 is 0 Å². The van der Waals surface area contributed by atoms with Crippen LogP contribution < -0.4 is 5.32 Å². The summed E-state index contributed by atoms with van der Waals surface area (Å²) in [5, 5.41) is 2.69. The van der Waals surface area contributed by atoms with Gasteiger partial charge in [0, 0.05) is 25.8 Å². The van der Waals surface area contributed by atoms with Gasteiger partial charge >= 0.3 is 0 Å². The highest BCUT2D eigenvalue weighted by atomic mass is 32.2. The van der Waals surface area contributed by atoms with Crippen LogP contribution in [0.4, 0.5) is 0 Å². The number of amides is 1. The van der Waals surface area contributed by atoms with Crippen molar-refractivity contribution < 1.29 is 17.8 Å². The predicted octanol–water partition coefficient (Wildman–Crippen LogP) is 2.58. The first-order chi connectivity index (χ1) is 12.9. The Bertz CT molecular complexity index is 982. The van der Waals surface area contributed by atoms with Crippen LogP contribution in [0.25, 0.3) is 5.57 Å². The maximum absolute atomic E-state index is 12.3. The third-order valence-electron chi connectivity index (χ3n) is 4.21. The summed E-state index contributed by atoms with van der Waals surface area (Å²) >= 11 is 0. The third kappa shape index (κ3) is 4.84. The zero-order chi connectivity index (χ0) is 19.3. The Kier molecular flexibility index (Phi) is 5.73. The lowest BCUT2D eigenvalue weighted by Gasteiger charge is -2.23. The fourth-order valence-electron chi connectivity index (χ4n) is 2.83. The van der Waals surface area contributed by atoms with Gasteiger partial charge in [-0.15, -0.1) is 0 Å². The molecule has 2 aromatic carbocycles. The standard InChI is InChI=1S/C20H20N2O4S/c23-20(18-8-4-5-9-19(18)27(24,25)26)21-12-15-22-13-10-17(11-14-22)16-6-2-1-3-7-16/h1-11,13H,12,14-15H2,(H,21,23)(H,24,25,26). The smallest absolute Gasteiger partial charge is 0.295 e. The second-order valence-electron chi connectivity index (χ2n) is 6.06. The predicted molar refractivity (Wildman–Crippen MR) is 104 cm³/mol. The number of nitrogens with one attached hydrogen (secondary N) is 1. The fraction of sp³-hybridized carbons (Fsp3) is 0.150. The van der Waals surface area contributed by atoms with Crippen LogP contribution in [0.5, 0.6) is 0 Å². The molecule has 1 heterocycles. The highest BCUT2D eigenvalue weighted by Gasteiger charge is 2.19. The van der Waals surface area contributed by atoms with E-state index in [2.05, 4.69) is 23.5 Å². The molecular weight excluding hydrogens is 364 g/mol. The molecule has 0 saturated carbocycles. The fourth-order valence-corrected chi connectivity index (χ4v) is 3.52. The van der Waals surface area contributed by atoms with Crippen molar-refractivity contribution in [3.05, 3.63) is 84.1 Å². The molecule has 0 atom stereocenters. The summed E-state index contributed by atoms with van der Waals surface area (Å²) in [5.74, 6) is -0.537. The molecule has 0 saturated heterocycles. The minimum Gasteiger partial charge on any atom is -0.372 e. The van der Waals surface area contributed by atoms with Crippen LogP contribution in [0.3, 0.4) is 0 Å². The third-order valence-corrected chi connectivity index (χ3v) is 5.12. The molecule has 27 heavy (non-hydrogen) atoms. The lowest BCUT2D eigenvalue weighted by atomic mass is 10.0. The summed E-state index contributed by atoms with van der Waals surface area (Å²) in [6.45, 7) is 1.64. The molecule has 1 aliphatic rings. The summed E-state index contributed by atoms with van der Waals surface area (Å²) in [6.07, 6.45) is 6.11. The second-order valence-corrected chi connectivity index (χ2v) is 7.45. The molecule has 7 heteroatoms. The first-order valence-corrected chi connectivity index (χ1v) is 9.92. The molecule has 0 fully saturated rings. The Morgan fingerprint density at radius 1 is 1.07 bits per heavy atom. The summed E-state index contributed by atoms with van der Waals surface area (Å²) in [6, 6.07) is 15.7. The maximum atomic E-state index is 12.3. The van der Waals surface area contributed by atoms with E-state index >= 15 is 0 Å². The van der Waals surface area contributed by atoms with Gasteiger partial charge in [-0.25, -0.2) is 0 Å². The zero-order valence-corrected chi connectivity index (χ0v) is 15.4. The summed E-state index contributed by atoms with van der Waals surface area (Å²) in [4.78, 5) is 13.9. The van der Waals surface area contributed by atoms with E-state index in [1.807, 2.05) is 35.4 Å². The van der Waals surface area contributed by atoms with Gasteiger partial charge in [0.2, 0.25) is 0 Å². The molecule has 0 spiro atoms. The average Bonchev–Trinajstić information content (AvgIpc) is 2.68. The molecule has 0 aromatic heterocycles. The lowest BCUT2D eigenvalue weighted by Crippen LogP contribution is -2.33. The van der Waals surface area contributed by atoms with Crippen molar-refractivity contribution in [1.82, 2.24) is 10.2 Å². The van der Waals surface area contributed by atoms with E-state index in [9.17, 15) is 17.8 Å². The number of carbonyl (C=O) groups excluding carboxylic acids is 1. The number of rotatable bonds is 6. The van der Waals surface area contributed by atoms with Crippen molar-refractivity contribution in [2.75, 3.05) is 19.6 Å². The van der Waals surface area contributed by atoms with Gasteiger partial charge in [-0.05, 0) is 29.3 Å². The van der Waals surface area contributed by atoms with Gasteiger partial charge in [-0.2, -0.15) is 8.42 Å². The topological polar surface area (TPSA) is 86.7 Å². The Morgan fingerprint density at radius 2 is 1.78 bits per heavy atom. The minimum absolute atomic E-state index is 0.0690. The van der Waals surface area contributed by atoms with Crippen molar-refractivity contribution in [1.29, 1.82) is 0 Å². The van der Waals surface area contributed by atoms with Gasteiger partial charge in [0.1, 0.15) is 4.90 Å². The van der Waals surface area contributed by atoms with E-state index in [1.54, 1.807) is 6.07 Å². The minimum atomic E-state index is -4.45. The van der Waals surface area contributed by atoms with E-state index in [0.29, 0.717) is 13.1 Å². The maximum Gasteiger partial charge on any atom is 0.295 e. The monoisotopic (exact) mass is 384 g/mol. The van der Waals surface area contributed by atoms with Crippen LogP contribution in [-0.4, -0.2) is 43.4 Å². The Labute approximate surface area is 158 Å². The highest BCUT2D eigenvalue weighted by Crippen LogP contribution is 2.19. The molecule has 0 radical (unpaired) electrons. The summed E-state index contributed by atoms with van der Waals surface area (Å²) in [5.41, 5.74) is 2.24. The first kappa shape index (κ1) is 18.9. The molecule has 2 aromatic rings. The Morgan fingerprint density at radius 3 is 2.44 bits per heavy atom. The SMILES string of the molecule is O=C(NCCN1C=CC(c2ccccc2)=CC1)c1ccccc1S(=O)(=O)O. The van der Waals surface area contributed by atoms with Crippen LogP contribution in [-0.2, 0) is 10.1 Å². The van der Waals surface area contributed by atoms with Crippen molar-refractivity contribution in [3.8, 4) is 0 Å². The van der Waals surface area contributed by atoms with E-state index in [-0.39, 0.29) is 5.56 Å². The van der Waals surface area contributed by atoms with E-state index in [0.717, 1.165) is 17.7 Å². The largest absolute Gasteiger partial charge is 0.372 e. The molecule has 1 aliphatic heterocycles. The number of nitrogens with zero attached hydrogens (tertiary/aromatic N) is 1. The summed E-state index contributed by atoms with van der Waals surface area (Å²) < 4.78 is 32.0. The van der Waals surface area contributed by atoms with Gasteiger partial charge in [0.25, 0.3) is 16.0 Å². The average molecular weight is 384 g/mol. The van der Waals surface area contributed by atoms with Crippen LogP contribution in [0.2, 0.25) is 0 Å². The van der Waals surface area contributed by atoms with Gasteiger partial charge in [-0.1, -0.05) is 48.5 Å². The van der Waals surface area contributed by atoms with Crippen molar-refractivity contribution in [2.24, 2.45) is 0 Å². The van der Waals surface area contributed by atoms with Crippen molar-refractivity contribution in [3.63, 3.8) is 0 Å². The molecule has 2 N–H and O–H groups in total. The van der Waals surface area contributed by atoms with Crippen LogP contribution in [0.15, 0.2) is 77.8 Å². The summed E-state index contributed by atoms with van der Waals surface area (Å²) in [7, 11) is -4.45. The van der Waals surface area contributed by atoms with Gasteiger partial charge in [0.05, 0.1) is 5.56 Å². The molecule has 0 aliphatic carbocycles. The van der Waals surface area contributed by atoms with Gasteiger partial charge < -0.3 is 10.2 Å². The molecule has 3 rings (SSSR count). The number of hydrogen-bond acceptors (Lipinski definition) is 4. The normalized spacial score (nSPS) is 14.0. The van der Waals surface area contributed by atoms with Gasteiger partial charge in [0.15, 0.2) is 0 Å². The van der Waals surface area contributed by atoms with Crippen molar-refractivity contribution in [2.45, 2.75) is 4.90 Å². The lowest BCUT2D eigenvalue weighted by molar-refractivity contribution is 0.0947. The number of allylic oxidation sites excluding steroid dienone is 2. The molecule has 6 nitrogen and oxygen atoms in total. The molecule has 140 valence electrons. The van der Waals surface area contributed by atoms with E-state index in [1.165, 1.54) is 18.2 Å². The molecule has 0 unspecified atom stereocenters. The quantitative estimate of drug-likeness (QED) is 0.748. The van der Waals surface area contributed by atoms with E-state index < -0.39 is 20.9 Å². The first-order valence-electron chi connectivity index (χ1n) is 8.48. The van der Waals surface area contributed by atoms with Crippen molar-refractivity contribution >= 4 is 21.6 Å². The Balaban J connectivity index is 1.54. The van der Waals surface area contributed by atoms with E-state index in [4.69, 9.17) is 0 Å². The number of benzene rings is 2. The number of hydrogen-bond donors (Lipinski definition) is 2. The van der Waals surface area contributed by atoms with Crippen LogP contribution in [0, 0.1) is 0 Å². The van der Waals surface area contributed by atoms with Gasteiger partial charge in [-0.3, -0.25) is 9.35 Å². The molecular formula is C20H20N2O4S.